The van der Waals surface area contributed by atoms with E-state index >= 15 is 0 Å². The Hall–Kier alpha value is -0.120. The van der Waals surface area contributed by atoms with Crippen molar-refractivity contribution in [1.29, 1.82) is 0 Å². The molecule has 2 rings (SSSR count). The van der Waals surface area contributed by atoms with Crippen LogP contribution in [0.4, 0.5) is 0 Å². The fourth-order valence-electron chi connectivity index (χ4n) is 3.61. The van der Waals surface area contributed by atoms with Crippen LogP contribution in [0.5, 0.6) is 0 Å². The number of likely N-dealkylation sites (tertiary alicyclic amines) is 1. The maximum atomic E-state index is 5.85. The molecule has 2 unspecified atom stereocenters. The van der Waals surface area contributed by atoms with Crippen molar-refractivity contribution in [3.63, 3.8) is 0 Å². The smallest absolute Gasteiger partial charge is 0.0589 e. The van der Waals surface area contributed by atoms with Crippen molar-refractivity contribution in [2.24, 2.45) is 0 Å². The van der Waals surface area contributed by atoms with Crippen molar-refractivity contribution >= 4 is 0 Å². The molecule has 3 heteroatoms. The molecule has 0 amide bonds. The van der Waals surface area contributed by atoms with Crippen molar-refractivity contribution < 1.29 is 4.74 Å². The van der Waals surface area contributed by atoms with E-state index in [1.54, 1.807) is 0 Å². The van der Waals surface area contributed by atoms with E-state index in [-0.39, 0.29) is 0 Å². The number of rotatable bonds is 4. The lowest BCUT2D eigenvalue weighted by atomic mass is 9.95. The van der Waals surface area contributed by atoms with Gasteiger partial charge in [-0.05, 0) is 52.9 Å². The topological polar surface area (TPSA) is 24.5 Å². The number of hydrogen-bond donors (Lipinski definition) is 1. The van der Waals surface area contributed by atoms with Gasteiger partial charge in [-0.25, -0.2) is 0 Å². The molecule has 2 fully saturated rings. The zero-order chi connectivity index (χ0) is 14.6. The second kappa shape index (κ2) is 7.24. The molecule has 2 aliphatic heterocycles. The van der Waals surface area contributed by atoms with E-state index in [0.717, 1.165) is 12.6 Å². The van der Waals surface area contributed by atoms with E-state index in [1.165, 1.54) is 51.6 Å². The number of hydrogen-bond acceptors (Lipinski definition) is 3. The SMILES string of the molecule is CCCC1CC(NC2CCN(C(C)(C)C)CC2)CCO1. The molecule has 0 aromatic heterocycles. The second-order valence-corrected chi connectivity index (χ2v) is 7.60. The molecule has 2 saturated heterocycles. The molecule has 0 spiro atoms. The fourth-order valence-corrected chi connectivity index (χ4v) is 3.61. The van der Waals surface area contributed by atoms with Gasteiger partial charge in [0.15, 0.2) is 0 Å². The van der Waals surface area contributed by atoms with E-state index in [4.69, 9.17) is 4.74 Å². The Labute approximate surface area is 125 Å². The van der Waals surface area contributed by atoms with Gasteiger partial charge in [0.25, 0.3) is 0 Å². The highest BCUT2D eigenvalue weighted by Crippen LogP contribution is 2.23. The minimum absolute atomic E-state index is 0.329. The summed E-state index contributed by atoms with van der Waals surface area (Å²) in [5, 5.41) is 3.91. The molecule has 2 atom stereocenters. The highest BCUT2D eigenvalue weighted by molar-refractivity contribution is 4.87. The first-order valence-corrected chi connectivity index (χ1v) is 8.61. The minimum Gasteiger partial charge on any atom is -0.378 e. The third kappa shape index (κ3) is 4.71. The van der Waals surface area contributed by atoms with Crippen LogP contribution in [0.15, 0.2) is 0 Å². The molecule has 0 aliphatic carbocycles. The lowest BCUT2D eigenvalue weighted by Crippen LogP contribution is -2.52. The molecule has 3 nitrogen and oxygen atoms in total. The van der Waals surface area contributed by atoms with Crippen LogP contribution >= 0.6 is 0 Å². The highest BCUT2D eigenvalue weighted by Gasteiger charge is 2.29. The zero-order valence-electron chi connectivity index (χ0n) is 14.0. The van der Waals surface area contributed by atoms with E-state index < -0.39 is 0 Å². The Morgan fingerprint density at radius 2 is 1.80 bits per heavy atom. The van der Waals surface area contributed by atoms with Crippen molar-refractivity contribution in [1.82, 2.24) is 10.2 Å². The summed E-state index contributed by atoms with van der Waals surface area (Å²) in [4.78, 5) is 2.62. The second-order valence-electron chi connectivity index (χ2n) is 7.60. The molecule has 0 aromatic rings. The monoisotopic (exact) mass is 282 g/mol. The van der Waals surface area contributed by atoms with Gasteiger partial charge in [-0.15, -0.1) is 0 Å². The summed E-state index contributed by atoms with van der Waals surface area (Å²) >= 11 is 0. The molecule has 2 heterocycles. The normalized spacial score (nSPS) is 30.6. The van der Waals surface area contributed by atoms with Crippen LogP contribution in [0.25, 0.3) is 0 Å². The molecule has 0 radical (unpaired) electrons. The molecular formula is C17H34N2O. The lowest BCUT2D eigenvalue weighted by molar-refractivity contribution is -0.00750. The van der Waals surface area contributed by atoms with Crippen LogP contribution in [0.2, 0.25) is 0 Å². The van der Waals surface area contributed by atoms with Gasteiger partial charge in [-0.3, -0.25) is 4.90 Å². The Bertz CT molecular complexity index is 277. The van der Waals surface area contributed by atoms with Gasteiger partial charge in [0.1, 0.15) is 0 Å². The summed E-state index contributed by atoms with van der Waals surface area (Å²) in [5.74, 6) is 0. The molecule has 118 valence electrons. The number of ether oxygens (including phenoxy) is 1. The maximum Gasteiger partial charge on any atom is 0.0589 e. The zero-order valence-corrected chi connectivity index (χ0v) is 14.0. The molecular weight excluding hydrogens is 248 g/mol. The molecule has 1 N–H and O–H groups in total. The first kappa shape index (κ1) is 16.3. The van der Waals surface area contributed by atoms with Gasteiger partial charge in [0.05, 0.1) is 6.10 Å². The van der Waals surface area contributed by atoms with E-state index in [1.807, 2.05) is 0 Å². The molecule has 0 bridgehead atoms. The number of piperidine rings is 1. The first-order valence-electron chi connectivity index (χ1n) is 8.61. The Balaban J connectivity index is 1.72. The Kier molecular flexibility index (Phi) is 5.88. The predicted molar refractivity (Wildman–Crippen MR) is 85.2 cm³/mol. The summed E-state index contributed by atoms with van der Waals surface area (Å²) in [6.07, 6.45) is 7.97. The van der Waals surface area contributed by atoms with E-state index in [0.29, 0.717) is 17.7 Å². The average molecular weight is 282 g/mol. The molecule has 0 aromatic carbocycles. The first-order chi connectivity index (χ1) is 9.49. The maximum absolute atomic E-state index is 5.85. The summed E-state index contributed by atoms with van der Waals surface area (Å²) in [6.45, 7) is 12.7. The van der Waals surface area contributed by atoms with Gasteiger partial charge >= 0.3 is 0 Å². The van der Waals surface area contributed by atoms with Crippen LogP contribution in [-0.4, -0.2) is 48.3 Å². The minimum atomic E-state index is 0.329. The van der Waals surface area contributed by atoms with Gasteiger partial charge < -0.3 is 10.1 Å². The fraction of sp³-hybridized carbons (Fsp3) is 1.00. The van der Waals surface area contributed by atoms with Crippen LogP contribution < -0.4 is 5.32 Å². The summed E-state index contributed by atoms with van der Waals surface area (Å²) in [7, 11) is 0. The Morgan fingerprint density at radius 1 is 1.10 bits per heavy atom. The number of nitrogens with zero attached hydrogens (tertiary/aromatic N) is 1. The predicted octanol–water partition coefficient (Wildman–Crippen LogP) is 3.19. The van der Waals surface area contributed by atoms with Crippen LogP contribution in [0.1, 0.15) is 66.2 Å². The van der Waals surface area contributed by atoms with Crippen molar-refractivity contribution in [3.05, 3.63) is 0 Å². The third-order valence-electron chi connectivity index (χ3n) is 4.89. The van der Waals surface area contributed by atoms with Crippen molar-refractivity contribution in [2.45, 2.75) is 89.9 Å². The molecule has 0 saturated carbocycles. The third-order valence-corrected chi connectivity index (χ3v) is 4.89. The average Bonchev–Trinajstić information content (AvgIpc) is 2.39. The van der Waals surface area contributed by atoms with Gasteiger partial charge in [-0.1, -0.05) is 13.3 Å². The van der Waals surface area contributed by atoms with Crippen LogP contribution in [0.3, 0.4) is 0 Å². The van der Waals surface area contributed by atoms with E-state index in [2.05, 4.69) is 37.9 Å². The van der Waals surface area contributed by atoms with Crippen molar-refractivity contribution in [3.8, 4) is 0 Å². The van der Waals surface area contributed by atoms with Gasteiger partial charge in [0.2, 0.25) is 0 Å². The summed E-state index contributed by atoms with van der Waals surface area (Å²) < 4.78 is 5.85. The van der Waals surface area contributed by atoms with Gasteiger partial charge in [0, 0.05) is 37.3 Å². The quantitative estimate of drug-likeness (QED) is 0.857. The lowest BCUT2D eigenvalue weighted by Gasteiger charge is -2.42. The standard InChI is InChI=1S/C17H34N2O/c1-5-6-16-13-15(9-12-20-16)18-14-7-10-19(11-8-14)17(2,3)4/h14-16,18H,5-13H2,1-4H3. The summed E-state index contributed by atoms with van der Waals surface area (Å²) in [5.41, 5.74) is 0.329. The van der Waals surface area contributed by atoms with Crippen molar-refractivity contribution in [2.75, 3.05) is 19.7 Å². The Morgan fingerprint density at radius 3 is 2.40 bits per heavy atom. The van der Waals surface area contributed by atoms with E-state index in [9.17, 15) is 0 Å². The highest BCUT2D eigenvalue weighted by atomic mass is 16.5. The summed E-state index contributed by atoms with van der Waals surface area (Å²) in [6, 6.07) is 1.41. The van der Waals surface area contributed by atoms with Crippen LogP contribution in [0, 0.1) is 0 Å². The number of nitrogens with one attached hydrogen (secondary N) is 1. The van der Waals surface area contributed by atoms with Crippen LogP contribution in [-0.2, 0) is 4.74 Å². The largest absolute Gasteiger partial charge is 0.378 e. The molecule has 20 heavy (non-hydrogen) atoms. The molecule has 2 aliphatic rings. The van der Waals surface area contributed by atoms with Gasteiger partial charge in [-0.2, -0.15) is 0 Å².